The highest BCUT2D eigenvalue weighted by Gasteiger charge is 2.41. The van der Waals surface area contributed by atoms with Gasteiger partial charge in [0.15, 0.2) is 0 Å². The Labute approximate surface area is 162 Å². The van der Waals surface area contributed by atoms with Crippen molar-refractivity contribution in [2.75, 3.05) is 26.2 Å². The van der Waals surface area contributed by atoms with E-state index in [4.69, 9.17) is 4.74 Å². The van der Waals surface area contributed by atoms with E-state index in [1.54, 1.807) is 0 Å². The minimum absolute atomic E-state index is 0.152. The SMILES string of the molecule is Cc1ccc(C2=C(N3CCCC3)C(=O)N(CCCOC(C)C)C2=O)cc1C. The van der Waals surface area contributed by atoms with Gasteiger partial charge in [-0.05, 0) is 63.6 Å². The summed E-state index contributed by atoms with van der Waals surface area (Å²) in [6, 6.07) is 6.01. The fraction of sp³-hybridized carbons (Fsp3) is 0.545. The van der Waals surface area contributed by atoms with Crippen LogP contribution in [0.25, 0.3) is 5.57 Å². The molecule has 5 heteroatoms. The topological polar surface area (TPSA) is 49.9 Å². The van der Waals surface area contributed by atoms with Crippen LogP contribution >= 0.6 is 0 Å². The van der Waals surface area contributed by atoms with Crippen molar-refractivity contribution in [3.63, 3.8) is 0 Å². The number of hydrogen-bond acceptors (Lipinski definition) is 4. The lowest BCUT2D eigenvalue weighted by atomic mass is 9.99. The number of rotatable bonds is 7. The molecule has 0 aliphatic carbocycles. The lowest BCUT2D eigenvalue weighted by molar-refractivity contribution is -0.137. The van der Waals surface area contributed by atoms with E-state index in [9.17, 15) is 9.59 Å². The molecular weight excluding hydrogens is 340 g/mol. The summed E-state index contributed by atoms with van der Waals surface area (Å²) in [4.78, 5) is 29.8. The number of carbonyl (C=O) groups is 2. The maximum atomic E-state index is 13.2. The third-order valence-corrected chi connectivity index (χ3v) is 5.34. The number of amides is 2. The second-order valence-corrected chi connectivity index (χ2v) is 7.75. The zero-order valence-corrected chi connectivity index (χ0v) is 16.9. The maximum absolute atomic E-state index is 13.2. The smallest absolute Gasteiger partial charge is 0.277 e. The molecule has 1 aromatic carbocycles. The Morgan fingerprint density at radius 1 is 1.04 bits per heavy atom. The van der Waals surface area contributed by atoms with Gasteiger partial charge in [0, 0.05) is 26.2 Å². The summed E-state index contributed by atoms with van der Waals surface area (Å²) in [5, 5.41) is 0. The standard InChI is InChI=1S/C22H30N2O3/c1-15(2)27-13-7-12-24-21(25)19(18-9-8-16(3)17(4)14-18)20(22(24)26)23-10-5-6-11-23/h8-9,14-15H,5-7,10-13H2,1-4H3. The van der Waals surface area contributed by atoms with Crippen LogP contribution in [0, 0.1) is 13.8 Å². The lowest BCUT2D eigenvalue weighted by Crippen LogP contribution is -2.35. The van der Waals surface area contributed by atoms with Gasteiger partial charge in [0.05, 0.1) is 11.7 Å². The van der Waals surface area contributed by atoms with E-state index >= 15 is 0 Å². The number of hydrogen-bond donors (Lipinski definition) is 0. The van der Waals surface area contributed by atoms with E-state index in [1.807, 2.05) is 39.0 Å². The van der Waals surface area contributed by atoms with Gasteiger partial charge in [-0.3, -0.25) is 14.5 Å². The van der Waals surface area contributed by atoms with E-state index in [2.05, 4.69) is 11.8 Å². The van der Waals surface area contributed by atoms with Gasteiger partial charge in [0.1, 0.15) is 5.70 Å². The molecule has 1 aromatic rings. The van der Waals surface area contributed by atoms with Crippen molar-refractivity contribution in [1.82, 2.24) is 9.80 Å². The second-order valence-electron chi connectivity index (χ2n) is 7.75. The van der Waals surface area contributed by atoms with Gasteiger partial charge in [-0.2, -0.15) is 0 Å². The van der Waals surface area contributed by atoms with Crippen LogP contribution in [0.3, 0.4) is 0 Å². The molecule has 2 amide bonds. The third kappa shape index (κ3) is 4.08. The monoisotopic (exact) mass is 370 g/mol. The Bertz CT molecular complexity index is 761. The highest BCUT2D eigenvalue weighted by Crippen LogP contribution is 2.34. The van der Waals surface area contributed by atoms with E-state index in [-0.39, 0.29) is 17.9 Å². The molecule has 0 radical (unpaired) electrons. The number of imide groups is 1. The van der Waals surface area contributed by atoms with Crippen LogP contribution in [0.1, 0.15) is 49.8 Å². The van der Waals surface area contributed by atoms with Gasteiger partial charge in [0.2, 0.25) is 0 Å². The molecule has 2 aliphatic heterocycles. The van der Waals surface area contributed by atoms with Crippen LogP contribution in [-0.2, 0) is 14.3 Å². The average molecular weight is 370 g/mol. The van der Waals surface area contributed by atoms with Crippen molar-refractivity contribution < 1.29 is 14.3 Å². The maximum Gasteiger partial charge on any atom is 0.277 e. The highest BCUT2D eigenvalue weighted by molar-refractivity contribution is 6.35. The minimum atomic E-state index is -0.172. The molecule has 0 bridgehead atoms. The van der Waals surface area contributed by atoms with Crippen LogP contribution in [0.4, 0.5) is 0 Å². The first-order valence-corrected chi connectivity index (χ1v) is 9.94. The first-order chi connectivity index (χ1) is 12.9. The van der Waals surface area contributed by atoms with Crippen molar-refractivity contribution in [3.05, 3.63) is 40.6 Å². The first kappa shape index (κ1) is 19.6. The minimum Gasteiger partial charge on any atom is -0.379 e. The van der Waals surface area contributed by atoms with Gasteiger partial charge in [0.25, 0.3) is 11.8 Å². The van der Waals surface area contributed by atoms with Gasteiger partial charge >= 0.3 is 0 Å². The van der Waals surface area contributed by atoms with Crippen molar-refractivity contribution >= 4 is 17.4 Å². The van der Waals surface area contributed by atoms with E-state index < -0.39 is 0 Å². The second kappa shape index (κ2) is 8.26. The molecule has 0 N–H and O–H groups in total. The number of ether oxygens (including phenoxy) is 1. The number of nitrogens with zero attached hydrogens (tertiary/aromatic N) is 2. The molecule has 0 unspecified atom stereocenters. The zero-order valence-electron chi connectivity index (χ0n) is 16.9. The van der Waals surface area contributed by atoms with Crippen LogP contribution in [0.2, 0.25) is 0 Å². The fourth-order valence-corrected chi connectivity index (χ4v) is 3.70. The summed E-state index contributed by atoms with van der Waals surface area (Å²) < 4.78 is 5.57. The van der Waals surface area contributed by atoms with E-state index in [0.717, 1.165) is 37.1 Å². The molecule has 3 rings (SSSR count). The molecule has 0 spiro atoms. The highest BCUT2D eigenvalue weighted by atomic mass is 16.5. The Kier molecular flexibility index (Phi) is 6.00. The van der Waals surface area contributed by atoms with Crippen molar-refractivity contribution in [1.29, 1.82) is 0 Å². The van der Waals surface area contributed by atoms with Crippen molar-refractivity contribution in [3.8, 4) is 0 Å². The normalized spacial score (nSPS) is 17.8. The molecule has 1 fully saturated rings. The Morgan fingerprint density at radius 2 is 1.74 bits per heavy atom. The predicted molar refractivity (Wildman–Crippen MR) is 106 cm³/mol. The first-order valence-electron chi connectivity index (χ1n) is 9.94. The van der Waals surface area contributed by atoms with Crippen LogP contribution in [0.15, 0.2) is 23.9 Å². The van der Waals surface area contributed by atoms with Gasteiger partial charge < -0.3 is 9.64 Å². The summed E-state index contributed by atoms with van der Waals surface area (Å²) in [7, 11) is 0. The number of likely N-dealkylation sites (tertiary alicyclic amines) is 1. The molecule has 1 saturated heterocycles. The molecule has 0 atom stereocenters. The van der Waals surface area contributed by atoms with Gasteiger partial charge in [-0.1, -0.05) is 18.2 Å². The summed E-state index contributed by atoms with van der Waals surface area (Å²) in [5.74, 6) is -0.325. The van der Waals surface area contributed by atoms with Crippen LogP contribution in [-0.4, -0.2) is 54.0 Å². The molecule has 2 heterocycles. The number of carbonyl (C=O) groups excluding carboxylic acids is 2. The Balaban J connectivity index is 1.89. The average Bonchev–Trinajstić information content (AvgIpc) is 3.22. The predicted octanol–water partition coefficient (Wildman–Crippen LogP) is 3.29. The third-order valence-electron chi connectivity index (χ3n) is 5.34. The summed E-state index contributed by atoms with van der Waals surface area (Å²) in [6.07, 6.45) is 2.93. The summed E-state index contributed by atoms with van der Waals surface area (Å²) in [5.41, 5.74) is 4.31. The van der Waals surface area contributed by atoms with Crippen molar-refractivity contribution in [2.24, 2.45) is 0 Å². The van der Waals surface area contributed by atoms with Crippen LogP contribution < -0.4 is 0 Å². The zero-order chi connectivity index (χ0) is 19.6. The number of aryl methyl sites for hydroxylation is 2. The molecule has 2 aliphatic rings. The van der Waals surface area contributed by atoms with Crippen molar-refractivity contribution in [2.45, 2.75) is 53.1 Å². The molecule has 146 valence electrons. The summed E-state index contributed by atoms with van der Waals surface area (Å²) >= 11 is 0. The van der Waals surface area contributed by atoms with Crippen LogP contribution in [0.5, 0.6) is 0 Å². The molecular formula is C22H30N2O3. The Hall–Kier alpha value is -2.14. The number of benzene rings is 1. The van der Waals surface area contributed by atoms with E-state index in [1.165, 1.54) is 10.5 Å². The molecule has 5 nitrogen and oxygen atoms in total. The lowest BCUT2D eigenvalue weighted by Gasteiger charge is -2.20. The van der Waals surface area contributed by atoms with E-state index in [0.29, 0.717) is 30.8 Å². The Morgan fingerprint density at radius 3 is 2.37 bits per heavy atom. The molecule has 27 heavy (non-hydrogen) atoms. The van der Waals surface area contributed by atoms with Gasteiger partial charge in [-0.15, -0.1) is 0 Å². The summed E-state index contributed by atoms with van der Waals surface area (Å²) in [6.45, 7) is 10.7. The largest absolute Gasteiger partial charge is 0.379 e. The fourth-order valence-electron chi connectivity index (χ4n) is 3.70. The quantitative estimate of drug-likeness (QED) is 0.546. The molecule has 0 saturated carbocycles. The van der Waals surface area contributed by atoms with Gasteiger partial charge in [-0.25, -0.2) is 0 Å². The molecule has 0 aromatic heterocycles.